The molecule has 0 unspecified atom stereocenters. The van der Waals surface area contributed by atoms with Gasteiger partial charge in [0, 0.05) is 18.2 Å². The summed E-state index contributed by atoms with van der Waals surface area (Å²) in [5.74, 6) is 3.20. The topological polar surface area (TPSA) is 55.4 Å². The van der Waals surface area contributed by atoms with Crippen LogP contribution in [0.15, 0.2) is 18.2 Å². The van der Waals surface area contributed by atoms with Gasteiger partial charge in [-0.25, -0.2) is 0 Å². The third kappa shape index (κ3) is 12.5. The number of hydrogen-bond acceptors (Lipinski definition) is 6. The van der Waals surface area contributed by atoms with E-state index in [1.165, 1.54) is 0 Å². The molecule has 6 nitrogen and oxygen atoms in total. The molecule has 0 radical (unpaired) electrons. The van der Waals surface area contributed by atoms with Crippen molar-refractivity contribution in [2.45, 2.75) is 41.5 Å². The van der Waals surface area contributed by atoms with Gasteiger partial charge in [0.1, 0.15) is 17.2 Å². The van der Waals surface area contributed by atoms with E-state index in [0.717, 1.165) is 0 Å². The molecule has 1 rings (SSSR count). The molecule has 0 aliphatic rings. The van der Waals surface area contributed by atoms with E-state index in [-0.39, 0.29) is 20.4 Å². The standard InChI is InChI=1S/C21H36O6/c1-16(2)10-22-13-25-19-7-20(26-14-23-11-17(3)4)9-21(8-19)27-15-24-12-18(5)6/h7-9,16-18H,10-15H2,1-6H3. The maximum Gasteiger partial charge on any atom is 0.189 e. The first-order chi connectivity index (χ1) is 12.9. The van der Waals surface area contributed by atoms with Gasteiger partial charge in [-0.1, -0.05) is 41.5 Å². The lowest BCUT2D eigenvalue weighted by Crippen LogP contribution is -2.10. The van der Waals surface area contributed by atoms with Crippen molar-refractivity contribution in [3.05, 3.63) is 18.2 Å². The summed E-state index contributed by atoms with van der Waals surface area (Å²) in [5.41, 5.74) is 0. The summed E-state index contributed by atoms with van der Waals surface area (Å²) in [6, 6.07) is 5.37. The maximum atomic E-state index is 5.66. The Balaban J connectivity index is 2.60. The Morgan fingerprint density at radius 1 is 0.519 bits per heavy atom. The van der Waals surface area contributed by atoms with Crippen LogP contribution in [0.5, 0.6) is 17.2 Å². The minimum atomic E-state index is 0.175. The highest BCUT2D eigenvalue weighted by molar-refractivity contribution is 5.42. The molecular formula is C21H36O6. The summed E-state index contributed by atoms with van der Waals surface area (Å²) in [5, 5.41) is 0. The van der Waals surface area contributed by atoms with Crippen molar-refractivity contribution in [1.82, 2.24) is 0 Å². The summed E-state index contributed by atoms with van der Waals surface area (Å²) in [7, 11) is 0. The lowest BCUT2D eigenvalue weighted by molar-refractivity contribution is -0.00476. The molecule has 156 valence electrons. The van der Waals surface area contributed by atoms with Gasteiger partial charge < -0.3 is 28.4 Å². The third-order valence-electron chi connectivity index (χ3n) is 3.13. The van der Waals surface area contributed by atoms with E-state index in [4.69, 9.17) is 28.4 Å². The first kappa shape index (κ1) is 23.5. The Kier molecular flexibility index (Phi) is 11.9. The summed E-state index contributed by atoms with van der Waals surface area (Å²) >= 11 is 0. The fourth-order valence-electron chi connectivity index (χ4n) is 1.98. The van der Waals surface area contributed by atoms with Crippen molar-refractivity contribution in [3.63, 3.8) is 0 Å². The molecule has 0 atom stereocenters. The minimum Gasteiger partial charge on any atom is -0.467 e. The first-order valence-corrected chi connectivity index (χ1v) is 9.63. The fourth-order valence-corrected chi connectivity index (χ4v) is 1.98. The average Bonchev–Trinajstić information content (AvgIpc) is 2.59. The number of hydrogen-bond donors (Lipinski definition) is 0. The number of benzene rings is 1. The van der Waals surface area contributed by atoms with E-state index in [9.17, 15) is 0 Å². The fraction of sp³-hybridized carbons (Fsp3) is 0.714. The molecule has 1 aromatic carbocycles. The maximum absolute atomic E-state index is 5.66. The predicted octanol–water partition coefficient (Wildman–Crippen LogP) is 4.71. The Morgan fingerprint density at radius 3 is 1.00 bits per heavy atom. The van der Waals surface area contributed by atoms with Crippen LogP contribution in [0.2, 0.25) is 0 Å². The highest BCUT2D eigenvalue weighted by atomic mass is 16.7. The molecule has 1 aromatic rings. The SMILES string of the molecule is CC(C)COCOc1cc(OCOCC(C)C)cc(OCOCC(C)C)c1. The Bertz CT molecular complexity index is 418. The molecule has 0 spiro atoms. The monoisotopic (exact) mass is 384 g/mol. The molecule has 0 aliphatic carbocycles. The van der Waals surface area contributed by atoms with Crippen molar-refractivity contribution >= 4 is 0 Å². The van der Waals surface area contributed by atoms with Gasteiger partial charge in [0.15, 0.2) is 20.4 Å². The lowest BCUT2D eigenvalue weighted by atomic mass is 10.2. The van der Waals surface area contributed by atoms with Gasteiger partial charge in [-0.15, -0.1) is 0 Å². The van der Waals surface area contributed by atoms with Crippen molar-refractivity contribution in [2.75, 3.05) is 40.2 Å². The lowest BCUT2D eigenvalue weighted by Gasteiger charge is -2.14. The Hall–Kier alpha value is -1.50. The Morgan fingerprint density at radius 2 is 0.778 bits per heavy atom. The van der Waals surface area contributed by atoms with Crippen LogP contribution in [0.1, 0.15) is 41.5 Å². The number of ether oxygens (including phenoxy) is 6. The summed E-state index contributed by atoms with van der Waals surface area (Å²) in [4.78, 5) is 0. The van der Waals surface area contributed by atoms with E-state index in [1.807, 2.05) is 0 Å². The van der Waals surface area contributed by atoms with Crippen LogP contribution >= 0.6 is 0 Å². The molecule has 0 heterocycles. The molecule has 0 saturated carbocycles. The molecule has 6 heteroatoms. The molecule has 0 saturated heterocycles. The zero-order valence-corrected chi connectivity index (χ0v) is 17.7. The highest BCUT2D eigenvalue weighted by Crippen LogP contribution is 2.28. The van der Waals surface area contributed by atoms with Gasteiger partial charge in [-0.2, -0.15) is 0 Å². The van der Waals surface area contributed by atoms with Crippen molar-refractivity contribution < 1.29 is 28.4 Å². The molecular weight excluding hydrogens is 348 g/mol. The van der Waals surface area contributed by atoms with Crippen LogP contribution in [0.25, 0.3) is 0 Å². The smallest absolute Gasteiger partial charge is 0.189 e. The van der Waals surface area contributed by atoms with Crippen molar-refractivity contribution in [3.8, 4) is 17.2 Å². The molecule has 0 bridgehead atoms. The van der Waals surface area contributed by atoms with Crippen LogP contribution in [0, 0.1) is 17.8 Å². The molecule has 27 heavy (non-hydrogen) atoms. The van der Waals surface area contributed by atoms with E-state index >= 15 is 0 Å². The minimum absolute atomic E-state index is 0.175. The molecule has 0 amide bonds. The summed E-state index contributed by atoms with van der Waals surface area (Å²) < 4.78 is 33.4. The van der Waals surface area contributed by atoms with Crippen LogP contribution in [-0.4, -0.2) is 40.2 Å². The van der Waals surface area contributed by atoms with Gasteiger partial charge >= 0.3 is 0 Å². The highest BCUT2D eigenvalue weighted by Gasteiger charge is 2.06. The second kappa shape index (κ2) is 13.6. The number of rotatable bonds is 15. The van der Waals surface area contributed by atoms with Gasteiger partial charge in [0.25, 0.3) is 0 Å². The van der Waals surface area contributed by atoms with E-state index < -0.39 is 0 Å². The second-order valence-corrected chi connectivity index (χ2v) is 7.72. The summed E-state index contributed by atoms with van der Waals surface area (Å²) in [6.45, 7) is 15.0. The second-order valence-electron chi connectivity index (χ2n) is 7.72. The largest absolute Gasteiger partial charge is 0.467 e. The quantitative estimate of drug-likeness (QED) is 0.322. The van der Waals surface area contributed by atoms with Crippen LogP contribution in [0.3, 0.4) is 0 Å². The van der Waals surface area contributed by atoms with Gasteiger partial charge in [0.2, 0.25) is 0 Å². The van der Waals surface area contributed by atoms with Crippen LogP contribution in [-0.2, 0) is 14.2 Å². The molecule has 0 aliphatic heterocycles. The van der Waals surface area contributed by atoms with E-state index in [2.05, 4.69) is 41.5 Å². The van der Waals surface area contributed by atoms with Crippen LogP contribution < -0.4 is 14.2 Å². The zero-order chi connectivity index (χ0) is 20.1. The zero-order valence-electron chi connectivity index (χ0n) is 17.7. The van der Waals surface area contributed by atoms with Crippen LogP contribution in [0.4, 0.5) is 0 Å². The summed E-state index contributed by atoms with van der Waals surface area (Å²) in [6.07, 6.45) is 0. The van der Waals surface area contributed by atoms with E-state index in [1.54, 1.807) is 18.2 Å². The van der Waals surface area contributed by atoms with E-state index in [0.29, 0.717) is 54.8 Å². The van der Waals surface area contributed by atoms with Crippen molar-refractivity contribution in [1.29, 1.82) is 0 Å². The van der Waals surface area contributed by atoms with Gasteiger partial charge in [-0.3, -0.25) is 0 Å². The molecule has 0 aromatic heterocycles. The Labute approximate surface area is 164 Å². The normalized spacial score (nSPS) is 11.4. The molecule has 0 fully saturated rings. The third-order valence-corrected chi connectivity index (χ3v) is 3.13. The average molecular weight is 385 g/mol. The predicted molar refractivity (Wildman–Crippen MR) is 105 cm³/mol. The van der Waals surface area contributed by atoms with Gasteiger partial charge in [-0.05, 0) is 17.8 Å². The molecule has 0 N–H and O–H groups in total. The van der Waals surface area contributed by atoms with Gasteiger partial charge in [0.05, 0.1) is 19.8 Å². The van der Waals surface area contributed by atoms with Crippen molar-refractivity contribution in [2.24, 2.45) is 17.8 Å². The first-order valence-electron chi connectivity index (χ1n) is 9.63.